The summed E-state index contributed by atoms with van der Waals surface area (Å²) in [5.74, 6) is 4.79. The summed E-state index contributed by atoms with van der Waals surface area (Å²) in [6, 6.07) is 4.39. The van der Waals surface area contributed by atoms with Gasteiger partial charge in [0.05, 0.1) is 11.5 Å². The summed E-state index contributed by atoms with van der Waals surface area (Å²) in [7, 11) is 0. The fourth-order valence-electron chi connectivity index (χ4n) is 2.18. The summed E-state index contributed by atoms with van der Waals surface area (Å²) in [5, 5.41) is 10.9. The van der Waals surface area contributed by atoms with Gasteiger partial charge in [-0.05, 0) is 6.42 Å². The van der Waals surface area contributed by atoms with Gasteiger partial charge in [0.15, 0.2) is 0 Å². The normalized spacial score (nSPS) is 15.3. The first kappa shape index (κ1) is 13.9. The van der Waals surface area contributed by atoms with Crippen LogP contribution in [-0.4, -0.2) is 21.6 Å². The van der Waals surface area contributed by atoms with E-state index < -0.39 is 4.92 Å². The van der Waals surface area contributed by atoms with Crippen molar-refractivity contribution >= 4 is 23.2 Å². The number of nitrogens with zero attached hydrogens (tertiary/aromatic N) is 2. The second-order valence-electron chi connectivity index (χ2n) is 4.44. The minimum absolute atomic E-state index is 0.0150. The number of para-hydroxylation sites is 1. The maximum absolute atomic E-state index is 11.7. The van der Waals surface area contributed by atoms with Crippen molar-refractivity contribution in [3.05, 3.63) is 33.9 Å². The Morgan fingerprint density at radius 3 is 2.50 bits per heavy atom. The summed E-state index contributed by atoms with van der Waals surface area (Å²) in [6.45, 7) is -0.0150. The molecule has 0 bridgehead atoms. The van der Waals surface area contributed by atoms with E-state index in [-0.39, 0.29) is 29.7 Å². The Morgan fingerprint density at radius 2 is 1.95 bits per heavy atom. The van der Waals surface area contributed by atoms with Gasteiger partial charge in [-0.1, -0.05) is 12.1 Å². The minimum Gasteiger partial charge on any atom is -0.318 e. The molecule has 0 unspecified atom stereocenters. The molecule has 0 aromatic heterocycles. The molecule has 1 aliphatic heterocycles. The number of nitro benzene ring substituents is 1. The zero-order chi connectivity index (χ0) is 14.7. The molecule has 1 aromatic rings. The summed E-state index contributed by atoms with van der Waals surface area (Å²) in [4.78, 5) is 35.0. The van der Waals surface area contributed by atoms with Crippen molar-refractivity contribution in [2.24, 2.45) is 5.84 Å². The van der Waals surface area contributed by atoms with Gasteiger partial charge in [0.1, 0.15) is 5.69 Å². The van der Waals surface area contributed by atoms with Gasteiger partial charge >= 0.3 is 0 Å². The van der Waals surface area contributed by atoms with E-state index >= 15 is 0 Å². The Labute approximate surface area is 114 Å². The zero-order valence-corrected chi connectivity index (χ0v) is 10.7. The summed E-state index contributed by atoms with van der Waals surface area (Å²) in [6.07, 6.45) is 1.17. The van der Waals surface area contributed by atoms with Crippen molar-refractivity contribution in [1.29, 1.82) is 0 Å². The van der Waals surface area contributed by atoms with Gasteiger partial charge in [-0.15, -0.1) is 0 Å². The standard InChI is InChI=1S/C12H14N4O4/c13-14-12-8(3-1-4-9(12)16(19)20)7-15-10(17)5-2-6-11(15)18/h1,3-4,14H,2,5-7,13H2. The number of imide groups is 1. The minimum atomic E-state index is -0.571. The predicted octanol–water partition coefficient (Wildman–Crippen LogP) is 0.919. The molecule has 0 radical (unpaired) electrons. The lowest BCUT2D eigenvalue weighted by atomic mass is 10.1. The number of hydrogen-bond acceptors (Lipinski definition) is 6. The molecule has 0 spiro atoms. The van der Waals surface area contributed by atoms with E-state index in [4.69, 9.17) is 5.84 Å². The summed E-state index contributed by atoms with van der Waals surface area (Å²) >= 11 is 0. The van der Waals surface area contributed by atoms with Crippen LogP contribution >= 0.6 is 0 Å². The van der Waals surface area contributed by atoms with E-state index in [1.54, 1.807) is 6.07 Å². The molecule has 1 saturated heterocycles. The maximum Gasteiger partial charge on any atom is 0.293 e. The van der Waals surface area contributed by atoms with E-state index in [9.17, 15) is 19.7 Å². The van der Waals surface area contributed by atoms with Crippen LogP contribution in [0.2, 0.25) is 0 Å². The van der Waals surface area contributed by atoms with Gasteiger partial charge in [0, 0.05) is 24.5 Å². The van der Waals surface area contributed by atoms with Crippen LogP contribution in [0.15, 0.2) is 18.2 Å². The highest BCUT2D eigenvalue weighted by molar-refractivity contribution is 5.97. The van der Waals surface area contributed by atoms with Crippen LogP contribution in [0.5, 0.6) is 0 Å². The zero-order valence-electron chi connectivity index (χ0n) is 10.7. The lowest BCUT2D eigenvalue weighted by Gasteiger charge is -2.25. The van der Waals surface area contributed by atoms with Crippen LogP contribution in [-0.2, 0) is 16.1 Å². The predicted molar refractivity (Wildman–Crippen MR) is 70.3 cm³/mol. The lowest BCUT2D eigenvalue weighted by molar-refractivity contribution is -0.384. The van der Waals surface area contributed by atoms with E-state index in [0.29, 0.717) is 24.8 Å². The van der Waals surface area contributed by atoms with Crippen LogP contribution in [0.4, 0.5) is 11.4 Å². The van der Waals surface area contributed by atoms with Gasteiger partial charge in [-0.3, -0.25) is 30.4 Å². The number of carbonyl (C=O) groups excluding carboxylic acids is 2. The molecule has 1 fully saturated rings. The maximum atomic E-state index is 11.7. The molecule has 0 aliphatic carbocycles. The van der Waals surface area contributed by atoms with Crippen molar-refractivity contribution in [1.82, 2.24) is 4.90 Å². The molecule has 3 N–H and O–H groups in total. The number of nitrogens with two attached hydrogens (primary N) is 1. The lowest BCUT2D eigenvalue weighted by Crippen LogP contribution is -2.39. The molecule has 8 heteroatoms. The average Bonchev–Trinajstić information content (AvgIpc) is 2.42. The van der Waals surface area contributed by atoms with Crippen LogP contribution in [0, 0.1) is 10.1 Å². The molecule has 0 saturated carbocycles. The van der Waals surface area contributed by atoms with Gasteiger partial charge in [-0.2, -0.15) is 0 Å². The topological polar surface area (TPSA) is 119 Å². The highest BCUT2D eigenvalue weighted by Gasteiger charge is 2.27. The Balaban J connectivity index is 2.33. The summed E-state index contributed by atoms with van der Waals surface area (Å²) in [5.41, 5.74) is 2.63. The Hall–Kier alpha value is -2.48. The number of nitrogens with one attached hydrogen (secondary N) is 1. The third kappa shape index (κ3) is 2.59. The number of hydrogen-bond donors (Lipinski definition) is 2. The number of anilines is 1. The Morgan fingerprint density at radius 1 is 1.30 bits per heavy atom. The van der Waals surface area contributed by atoms with E-state index in [1.807, 2.05) is 0 Å². The van der Waals surface area contributed by atoms with Crippen molar-refractivity contribution in [2.45, 2.75) is 25.8 Å². The van der Waals surface area contributed by atoms with Gasteiger partial charge < -0.3 is 5.43 Å². The molecule has 1 aliphatic rings. The number of benzene rings is 1. The second kappa shape index (κ2) is 5.66. The number of hydrazine groups is 1. The third-order valence-corrected chi connectivity index (χ3v) is 3.18. The first-order chi connectivity index (χ1) is 9.54. The van der Waals surface area contributed by atoms with Crippen LogP contribution in [0.25, 0.3) is 0 Å². The Kier molecular flexibility index (Phi) is 3.94. The third-order valence-electron chi connectivity index (χ3n) is 3.18. The van der Waals surface area contributed by atoms with Gasteiger partial charge in [0.25, 0.3) is 5.69 Å². The van der Waals surface area contributed by atoms with Gasteiger partial charge in [-0.25, -0.2) is 0 Å². The molecule has 8 nitrogen and oxygen atoms in total. The summed E-state index contributed by atoms with van der Waals surface area (Å²) < 4.78 is 0. The molecule has 106 valence electrons. The number of nitro groups is 1. The average molecular weight is 278 g/mol. The molecule has 2 amide bonds. The number of piperidine rings is 1. The molecule has 1 heterocycles. The fraction of sp³-hybridized carbons (Fsp3) is 0.333. The smallest absolute Gasteiger partial charge is 0.293 e. The van der Waals surface area contributed by atoms with Crippen LogP contribution in [0.3, 0.4) is 0 Å². The number of carbonyl (C=O) groups is 2. The highest BCUT2D eigenvalue weighted by atomic mass is 16.6. The Bertz CT molecular complexity index is 557. The largest absolute Gasteiger partial charge is 0.318 e. The molecule has 2 rings (SSSR count). The van der Waals surface area contributed by atoms with E-state index in [1.165, 1.54) is 12.1 Å². The van der Waals surface area contributed by atoms with Gasteiger partial charge in [0.2, 0.25) is 11.8 Å². The quantitative estimate of drug-likeness (QED) is 0.366. The molecule has 20 heavy (non-hydrogen) atoms. The molecular weight excluding hydrogens is 264 g/mol. The second-order valence-corrected chi connectivity index (χ2v) is 4.44. The van der Waals surface area contributed by atoms with Crippen LogP contribution < -0.4 is 11.3 Å². The van der Waals surface area contributed by atoms with Crippen molar-refractivity contribution < 1.29 is 14.5 Å². The van der Waals surface area contributed by atoms with Crippen LogP contribution in [0.1, 0.15) is 24.8 Å². The van der Waals surface area contributed by atoms with Crippen molar-refractivity contribution in [3.63, 3.8) is 0 Å². The number of rotatable bonds is 4. The van der Waals surface area contributed by atoms with E-state index in [2.05, 4.69) is 5.43 Å². The number of amides is 2. The SMILES string of the molecule is NNc1c(CN2C(=O)CCCC2=O)cccc1[N+](=O)[O-]. The fourth-order valence-corrected chi connectivity index (χ4v) is 2.18. The van der Waals surface area contributed by atoms with Crippen molar-refractivity contribution in [3.8, 4) is 0 Å². The number of nitrogen functional groups attached to an aromatic ring is 1. The monoisotopic (exact) mass is 278 g/mol. The molecular formula is C12H14N4O4. The first-order valence-corrected chi connectivity index (χ1v) is 6.10. The van der Waals surface area contributed by atoms with E-state index in [0.717, 1.165) is 4.90 Å². The first-order valence-electron chi connectivity index (χ1n) is 6.10. The highest BCUT2D eigenvalue weighted by Crippen LogP contribution is 2.29. The molecule has 1 aromatic carbocycles. The number of likely N-dealkylation sites (tertiary alicyclic amines) is 1. The van der Waals surface area contributed by atoms with Crippen molar-refractivity contribution in [2.75, 3.05) is 5.43 Å². The molecule has 0 atom stereocenters.